The molecule has 0 aliphatic heterocycles. The fourth-order valence-corrected chi connectivity index (χ4v) is 5.31. The second kappa shape index (κ2) is 10.9. The van der Waals surface area contributed by atoms with Gasteiger partial charge in [-0.15, -0.1) is 11.3 Å². The van der Waals surface area contributed by atoms with Crippen LogP contribution >= 0.6 is 23.3 Å². The monoisotopic (exact) mass is 482 g/mol. The molecule has 0 fully saturated rings. The van der Waals surface area contributed by atoms with Gasteiger partial charge in [0.25, 0.3) is 0 Å². The number of carbonyl (C=O) groups excluding carboxylic acids is 1. The molecule has 33 heavy (non-hydrogen) atoms. The number of methoxy groups -OCH3 is 3. The van der Waals surface area contributed by atoms with Gasteiger partial charge in [-0.3, -0.25) is 0 Å². The normalized spacial score (nSPS) is 15.6. The molecular weight excluding hydrogens is 456 g/mol. The van der Waals surface area contributed by atoms with Gasteiger partial charge in [0.1, 0.15) is 15.8 Å². The maximum Gasteiger partial charge on any atom is 0.337 e. The molecule has 1 unspecified atom stereocenters. The van der Waals surface area contributed by atoms with Crippen molar-refractivity contribution in [2.75, 3.05) is 26.1 Å². The van der Waals surface area contributed by atoms with E-state index in [1.165, 1.54) is 30.2 Å². The Labute approximate surface area is 202 Å². The van der Waals surface area contributed by atoms with Gasteiger partial charge in [0.05, 0.1) is 31.6 Å². The van der Waals surface area contributed by atoms with Gasteiger partial charge >= 0.3 is 5.97 Å². The Bertz CT molecular complexity index is 1140. The first-order valence-corrected chi connectivity index (χ1v) is 12.3. The van der Waals surface area contributed by atoms with Crippen LogP contribution in [0.1, 0.15) is 35.2 Å². The molecule has 1 heterocycles. The molecule has 0 radical (unpaired) electrons. The molecule has 1 aromatic heterocycles. The lowest BCUT2D eigenvalue weighted by molar-refractivity contribution is 0.0600. The van der Waals surface area contributed by atoms with E-state index < -0.39 is 5.97 Å². The molecule has 6 nitrogen and oxygen atoms in total. The van der Waals surface area contributed by atoms with Crippen molar-refractivity contribution in [1.82, 2.24) is 4.98 Å². The number of carbonyl (C=O) groups is 1. The van der Waals surface area contributed by atoms with E-state index in [9.17, 15) is 4.79 Å². The summed E-state index contributed by atoms with van der Waals surface area (Å²) in [5.74, 6) is 0.158. The zero-order chi connectivity index (χ0) is 23.2. The molecule has 0 saturated heterocycles. The second-order valence-electron chi connectivity index (χ2n) is 7.54. The quantitative estimate of drug-likeness (QED) is 0.298. The van der Waals surface area contributed by atoms with Crippen LogP contribution in [0.4, 0.5) is 5.69 Å². The average Bonchev–Trinajstić information content (AvgIpc) is 3.36. The minimum absolute atomic E-state index is 0.217. The Morgan fingerprint density at radius 1 is 1.12 bits per heavy atom. The molecule has 1 atom stereocenters. The van der Waals surface area contributed by atoms with E-state index in [-0.39, 0.29) is 6.10 Å². The smallest absolute Gasteiger partial charge is 0.337 e. The number of benzene rings is 2. The largest absolute Gasteiger partial charge is 0.495 e. The highest BCUT2D eigenvalue weighted by Crippen LogP contribution is 2.34. The van der Waals surface area contributed by atoms with Crippen molar-refractivity contribution in [3.8, 4) is 16.3 Å². The standard InChI is InChI=1S/C25H26N2O4S2/c1-29-20-6-4-5-18(13-20)16-7-9-17(10-8-16)24-26-23(15-32-24)33-27-21-12-11-19(25(28)31-3)14-22(21)30-2/h7-15,20,27H,4-6H2,1-3H3. The van der Waals surface area contributed by atoms with Crippen LogP contribution in [0.15, 0.2) is 58.9 Å². The summed E-state index contributed by atoms with van der Waals surface area (Å²) in [6.45, 7) is 0. The molecular formula is C25H26N2O4S2. The molecule has 1 N–H and O–H groups in total. The number of ether oxygens (including phenoxy) is 3. The number of esters is 1. The third-order valence-electron chi connectivity index (χ3n) is 5.50. The van der Waals surface area contributed by atoms with Crippen molar-refractivity contribution in [3.05, 3.63) is 65.0 Å². The van der Waals surface area contributed by atoms with E-state index in [0.717, 1.165) is 40.5 Å². The lowest BCUT2D eigenvalue weighted by atomic mass is 9.92. The van der Waals surface area contributed by atoms with Crippen LogP contribution in [0.2, 0.25) is 0 Å². The Kier molecular flexibility index (Phi) is 7.69. The molecule has 172 valence electrons. The van der Waals surface area contributed by atoms with Crippen molar-refractivity contribution in [2.45, 2.75) is 30.4 Å². The highest BCUT2D eigenvalue weighted by molar-refractivity contribution is 8.00. The van der Waals surface area contributed by atoms with Gasteiger partial charge in [-0.1, -0.05) is 30.3 Å². The summed E-state index contributed by atoms with van der Waals surface area (Å²) < 4.78 is 18.9. The van der Waals surface area contributed by atoms with Crippen molar-refractivity contribution in [1.29, 1.82) is 0 Å². The maximum absolute atomic E-state index is 11.7. The van der Waals surface area contributed by atoms with E-state index in [1.807, 2.05) is 5.38 Å². The molecule has 4 rings (SSSR count). The lowest BCUT2D eigenvalue weighted by Gasteiger charge is -2.20. The van der Waals surface area contributed by atoms with Gasteiger partial charge in [-0.2, -0.15) is 0 Å². The molecule has 2 aromatic carbocycles. The third-order valence-corrected chi connectivity index (χ3v) is 7.28. The van der Waals surface area contributed by atoms with Crippen molar-refractivity contribution >= 4 is 40.5 Å². The fourth-order valence-electron chi connectivity index (χ4n) is 3.70. The minimum Gasteiger partial charge on any atom is -0.495 e. The van der Waals surface area contributed by atoms with Crippen LogP contribution < -0.4 is 9.46 Å². The number of nitrogens with one attached hydrogen (secondary N) is 1. The molecule has 8 heteroatoms. The van der Waals surface area contributed by atoms with Crippen LogP contribution in [0, 0.1) is 0 Å². The van der Waals surface area contributed by atoms with Crippen LogP contribution in [0.5, 0.6) is 5.75 Å². The molecule has 0 saturated carbocycles. The third kappa shape index (κ3) is 5.58. The summed E-state index contributed by atoms with van der Waals surface area (Å²) >= 11 is 3.00. The number of hydrogen-bond donors (Lipinski definition) is 1. The van der Waals surface area contributed by atoms with E-state index in [2.05, 4.69) is 35.1 Å². The zero-order valence-corrected chi connectivity index (χ0v) is 20.4. The lowest BCUT2D eigenvalue weighted by Crippen LogP contribution is -2.11. The van der Waals surface area contributed by atoms with Crippen molar-refractivity contribution < 1.29 is 19.0 Å². The number of rotatable bonds is 8. The highest BCUT2D eigenvalue weighted by Gasteiger charge is 2.15. The predicted octanol–water partition coefficient (Wildman–Crippen LogP) is 6.31. The van der Waals surface area contributed by atoms with Gasteiger partial charge < -0.3 is 18.9 Å². The Hall–Kier alpha value is -2.81. The molecule has 0 spiro atoms. The Balaban J connectivity index is 1.42. The first-order chi connectivity index (χ1) is 16.1. The maximum atomic E-state index is 11.7. The van der Waals surface area contributed by atoms with E-state index in [0.29, 0.717) is 11.3 Å². The second-order valence-corrected chi connectivity index (χ2v) is 9.22. The van der Waals surface area contributed by atoms with Crippen molar-refractivity contribution in [3.63, 3.8) is 0 Å². The predicted molar refractivity (Wildman–Crippen MR) is 134 cm³/mol. The molecule has 0 bridgehead atoms. The first-order valence-electron chi connectivity index (χ1n) is 10.6. The molecule has 1 aliphatic rings. The van der Waals surface area contributed by atoms with Gasteiger partial charge in [0, 0.05) is 30.0 Å². The van der Waals surface area contributed by atoms with Crippen LogP contribution in [0.3, 0.4) is 0 Å². The number of anilines is 1. The van der Waals surface area contributed by atoms with Crippen molar-refractivity contribution in [2.24, 2.45) is 0 Å². The molecule has 3 aromatic rings. The van der Waals surface area contributed by atoms with Gasteiger partial charge in [-0.05, 0) is 48.6 Å². The SMILES string of the molecule is COC(=O)c1ccc(NSc2csc(-c3ccc(C4=CC(OC)CCC4)cc3)n2)c(OC)c1. The van der Waals surface area contributed by atoms with Crippen LogP contribution in [-0.2, 0) is 9.47 Å². The molecule has 0 amide bonds. The minimum atomic E-state index is -0.402. The molecule has 1 aliphatic carbocycles. The summed E-state index contributed by atoms with van der Waals surface area (Å²) in [7, 11) is 4.69. The zero-order valence-electron chi connectivity index (χ0n) is 18.8. The number of hydrogen-bond acceptors (Lipinski definition) is 8. The van der Waals surface area contributed by atoms with E-state index in [1.54, 1.807) is 43.8 Å². The van der Waals surface area contributed by atoms with Crippen LogP contribution in [-0.4, -0.2) is 38.4 Å². The van der Waals surface area contributed by atoms with Gasteiger partial charge in [0.15, 0.2) is 0 Å². The average molecular weight is 483 g/mol. The topological polar surface area (TPSA) is 69.7 Å². The van der Waals surface area contributed by atoms with Gasteiger partial charge in [0.2, 0.25) is 0 Å². The van der Waals surface area contributed by atoms with E-state index in [4.69, 9.17) is 19.2 Å². The number of allylic oxidation sites excluding steroid dienone is 1. The summed E-state index contributed by atoms with van der Waals surface area (Å²) in [5.41, 5.74) is 4.88. The fraction of sp³-hybridized carbons (Fsp3) is 0.280. The summed E-state index contributed by atoms with van der Waals surface area (Å²) in [5, 5.41) is 3.84. The van der Waals surface area contributed by atoms with Crippen LogP contribution in [0.25, 0.3) is 16.1 Å². The van der Waals surface area contributed by atoms with E-state index >= 15 is 0 Å². The number of nitrogens with zero attached hydrogens (tertiary/aromatic N) is 1. The summed E-state index contributed by atoms with van der Waals surface area (Å²) in [6, 6.07) is 13.7. The highest BCUT2D eigenvalue weighted by atomic mass is 32.2. The van der Waals surface area contributed by atoms with Gasteiger partial charge in [-0.25, -0.2) is 9.78 Å². The summed E-state index contributed by atoms with van der Waals surface area (Å²) in [6.07, 6.45) is 5.80. The Morgan fingerprint density at radius 3 is 2.64 bits per heavy atom. The summed E-state index contributed by atoms with van der Waals surface area (Å²) in [4.78, 5) is 16.5. The number of aromatic nitrogens is 1. The first kappa shape index (κ1) is 23.4. The number of thiazole rings is 1. The Morgan fingerprint density at radius 2 is 1.91 bits per heavy atom.